The Balaban J connectivity index is 2.27. The highest BCUT2D eigenvalue weighted by Gasteiger charge is 2.25. The molecule has 70 valence electrons. The highest BCUT2D eigenvalue weighted by molar-refractivity contribution is 6.32. The van der Waals surface area contributed by atoms with Gasteiger partial charge in [-0.05, 0) is 18.9 Å². The van der Waals surface area contributed by atoms with Gasteiger partial charge in [0.05, 0.1) is 11.1 Å². The van der Waals surface area contributed by atoms with E-state index in [-0.39, 0.29) is 0 Å². The first-order chi connectivity index (χ1) is 6.31. The Kier molecular flexibility index (Phi) is 2.27. The number of pyridine rings is 1. The minimum Gasteiger partial charge on any atom is -0.485 e. The first-order valence-electron chi connectivity index (χ1n) is 4.30. The molecule has 3 nitrogen and oxygen atoms in total. The van der Waals surface area contributed by atoms with Crippen LogP contribution in [0.3, 0.4) is 0 Å². The predicted molar refractivity (Wildman–Crippen MR) is 52.4 cm³/mol. The molecule has 0 spiro atoms. The van der Waals surface area contributed by atoms with E-state index < -0.39 is 0 Å². The first kappa shape index (κ1) is 8.63. The summed E-state index contributed by atoms with van der Waals surface area (Å²) in [7, 11) is 1.80. The Labute approximate surface area is 82.1 Å². The quantitative estimate of drug-likeness (QED) is 0.810. The van der Waals surface area contributed by atoms with Crippen LogP contribution in [0.2, 0.25) is 5.02 Å². The molecular weight excluding hydrogens is 188 g/mol. The van der Waals surface area contributed by atoms with Crippen molar-refractivity contribution in [2.24, 2.45) is 0 Å². The Morgan fingerprint density at radius 3 is 3.00 bits per heavy atom. The van der Waals surface area contributed by atoms with Gasteiger partial charge in [-0.25, -0.2) is 4.98 Å². The largest absolute Gasteiger partial charge is 0.485 e. The van der Waals surface area contributed by atoms with Gasteiger partial charge < -0.3 is 10.1 Å². The molecular formula is C9H11ClN2O. The minimum atomic E-state index is 0.341. The fraction of sp³-hybridized carbons (Fsp3) is 0.444. The van der Waals surface area contributed by atoms with Gasteiger partial charge in [0.2, 0.25) is 0 Å². The van der Waals surface area contributed by atoms with E-state index >= 15 is 0 Å². The molecule has 0 atom stereocenters. The zero-order valence-corrected chi connectivity index (χ0v) is 8.14. The lowest BCUT2D eigenvalue weighted by atomic mass is 10.4. The van der Waals surface area contributed by atoms with Crippen molar-refractivity contribution in [1.29, 1.82) is 0 Å². The van der Waals surface area contributed by atoms with Crippen LogP contribution in [-0.2, 0) is 0 Å². The van der Waals surface area contributed by atoms with Crippen molar-refractivity contribution in [3.8, 4) is 5.75 Å². The van der Waals surface area contributed by atoms with Gasteiger partial charge in [-0.1, -0.05) is 11.6 Å². The average molecular weight is 199 g/mol. The van der Waals surface area contributed by atoms with E-state index in [9.17, 15) is 0 Å². The Morgan fingerprint density at radius 2 is 2.38 bits per heavy atom. The molecule has 13 heavy (non-hydrogen) atoms. The van der Waals surface area contributed by atoms with Crippen LogP contribution in [0.15, 0.2) is 12.3 Å². The minimum absolute atomic E-state index is 0.341. The van der Waals surface area contributed by atoms with Crippen LogP contribution >= 0.6 is 11.6 Å². The lowest BCUT2D eigenvalue weighted by Gasteiger charge is -2.10. The number of ether oxygens (including phenoxy) is 1. The summed E-state index contributed by atoms with van der Waals surface area (Å²) >= 11 is 5.98. The van der Waals surface area contributed by atoms with Gasteiger partial charge >= 0.3 is 0 Å². The van der Waals surface area contributed by atoms with Crippen LogP contribution in [0, 0.1) is 0 Å². The van der Waals surface area contributed by atoms with Crippen molar-refractivity contribution < 1.29 is 4.74 Å². The van der Waals surface area contributed by atoms with Crippen molar-refractivity contribution in [2.45, 2.75) is 18.9 Å². The van der Waals surface area contributed by atoms with Crippen molar-refractivity contribution in [2.75, 3.05) is 12.4 Å². The number of halogens is 1. The zero-order chi connectivity index (χ0) is 9.26. The zero-order valence-electron chi connectivity index (χ0n) is 7.38. The van der Waals surface area contributed by atoms with Crippen molar-refractivity contribution in [3.05, 3.63) is 17.3 Å². The topological polar surface area (TPSA) is 34.2 Å². The van der Waals surface area contributed by atoms with Gasteiger partial charge in [-0.15, -0.1) is 0 Å². The van der Waals surface area contributed by atoms with Gasteiger partial charge in [0.15, 0.2) is 11.6 Å². The van der Waals surface area contributed by atoms with Crippen LogP contribution in [0.1, 0.15) is 12.8 Å². The van der Waals surface area contributed by atoms with E-state index in [1.54, 1.807) is 19.3 Å². The summed E-state index contributed by atoms with van der Waals surface area (Å²) < 4.78 is 5.62. The van der Waals surface area contributed by atoms with Crippen LogP contribution in [0.5, 0.6) is 5.75 Å². The molecule has 1 aliphatic carbocycles. The fourth-order valence-corrected chi connectivity index (χ4v) is 1.26. The fourth-order valence-electron chi connectivity index (χ4n) is 1.07. The van der Waals surface area contributed by atoms with Gasteiger partial charge in [-0.2, -0.15) is 0 Å². The molecule has 1 saturated carbocycles. The summed E-state index contributed by atoms with van der Waals surface area (Å²) in [5, 5.41) is 3.57. The molecule has 0 saturated heterocycles. The molecule has 1 aromatic rings. The van der Waals surface area contributed by atoms with Crippen molar-refractivity contribution >= 4 is 17.4 Å². The lowest BCUT2D eigenvalue weighted by molar-refractivity contribution is 0.304. The Hall–Kier alpha value is -0.960. The molecule has 0 unspecified atom stereocenters. The number of nitrogens with one attached hydrogen (secondary N) is 1. The highest BCUT2D eigenvalue weighted by Crippen LogP contribution is 2.35. The van der Waals surface area contributed by atoms with E-state index in [2.05, 4.69) is 10.3 Å². The normalized spacial score (nSPS) is 15.5. The van der Waals surface area contributed by atoms with Crippen molar-refractivity contribution in [3.63, 3.8) is 0 Å². The second kappa shape index (κ2) is 3.42. The van der Waals surface area contributed by atoms with Crippen LogP contribution < -0.4 is 10.1 Å². The van der Waals surface area contributed by atoms with Crippen LogP contribution in [0.25, 0.3) is 0 Å². The molecule has 0 aromatic carbocycles. The predicted octanol–water partition coefficient (Wildman–Crippen LogP) is 2.32. The van der Waals surface area contributed by atoms with E-state index in [0.29, 0.717) is 22.7 Å². The third-order valence-corrected chi connectivity index (χ3v) is 2.20. The number of hydrogen-bond donors (Lipinski definition) is 1. The Bertz CT molecular complexity index is 312. The summed E-state index contributed by atoms with van der Waals surface area (Å²) in [5.74, 6) is 1.38. The average Bonchev–Trinajstić information content (AvgIpc) is 2.92. The molecule has 1 aromatic heterocycles. The third kappa shape index (κ3) is 1.86. The number of aromatic nitrogens is 1. The molecule has 1 fully saturated rings. The lowest BCUT2D eigenvalue weighted by Crippen LogP contribution is -2.02. The van der Waals surface area contributed by atoms with E-state index in [1.807, 2.05) is 0 Å². The molecule has 0 radical (unpaired) electrons. The first-order valence-corrected chi connectivity index (χ1v) is 4.68. The van der Waals surface area contributed by atoms with Gasteiger partial charge in [0.25, 0.3) is 0 Å². The molecule has 0 bridgehead atoms. The summed E-state index contributed by atoms with van der Waals surface area (Å²) in [4.78, 5) is 4.12. The van der Waals surface area contributed by atoms with Gasteiger partial charge in [0.1, 0.15) is 0 Å². The number of rotatable bonds is 3. The molecule has 2 rings (SSSR count). The number of hydrogen-bond acceptors (Lipinski definition) is 3. The van der Waals surface area contributed by atoms with Crippen LogP contribution in [-0.4, -0.2) is 18.1 Å². The second-order valence-electron chi connectivity index (χ2n) is 3.04. The van der Waals surface area contributed by atoms with Crippen molar-refractivity contribution in [1.82, 2.24) is 4.98 Å². The monoisotopic (exact) mass is 198 g/mol. The smallest absolute Gasteiger partial charge is 0.180 e. The summed E-state index contributed by atoms with van der Waals surface area (Å²) in [6.07, 6.45) is 4.24. The second-order valence-corrected chi connectivity index (χ2v) is 3.44. The molecule has 1 heterocycles. The van der Waals surface area contributed by atoms with E-state index in [4.69, 9.17) is 16.3 Å². The molecule has 1 aliphatic rings. The molecule has 4 heteroatoms. The summed E-state index contributed by atoms with van der Waals surface area (Å²) in [6.45, 7) is 0. The summed E-state index contributed by atoms with van der Waals surface area (Å²) in [5.41, 5.74) is 0. The molecule has 0 amide bonds. The molecule has 1 N–H and O–H groups in total. The van der Waals surface area contributed by atoms with Crippen LogP contribution in [0.4, 0.5) is 5.82 Å². The van der Waals surface area contributed by atoms with Gasteiger partial charge in [-0.3, -0.25) is 0 Å². The maximum absolute atomic E-state index is 5.98. The van der Waals surface area contributed by atoms with E-state index in [1.165, 1.54) is 0 Å². The molecule has 0 aliphatic heterocycles. The SMILES string of the molecule is CNc1nccc(Cl)c1OC1CC1. The van der Waals surface area contributed by atoms with E-state index in [0.717, 1.165) is 12.8 Å². The maximum atomic E-state index is 5.98. The maximum Gasteiger partial charge on any atom is 0.180 e. The Morgan fingerprint density at radius 1 is 1.62 bits per heavy atom. The number of nitrogens with zero attached hydrogens (tertiary/aromatic N) is 1. The standard InChI is InChI=1S/C9H11ClN2O/c1-11-9-8(13-6-2-3-6)7(10)4-5-12-9/h4-6H,2-3H2,1H3,(H,11,12). The van der Waals surface area contributed by atoms with Gasteiger partial charge in [0, 0.05) is 13.2 Å². The third-order valence-electron chi connectivity index (χ3n) is 1.90. The number of anilines is 1. The summed E-state index contributed by atoms with van der Waals surface area (Å²) in [6, 6.07) is 1.74. The highest BCUT2D eigenvalue weighted by atomic mass is 35.5.